The summed E-state index contributed by atoms with van der Waals surface area (Å²) in [5, 5.41) is 3.14. The molecular formula is C15H21NO3. The number of benzene rings is 1. The summed E-state index contributed by atoms with van der Waals surface area (Å²) in [6.45, 7) is 3.14. The Labute approximate surface area is 114 Å². The third-order valence-corrected chi connectivity index (χ3v) is 3.67. The normalized spacial score (nSPS) is 22.5. The SMILES string of the molecule is CNC1COCC1C(=O)Cc1cc(C)ccc1OC. The Kier molecular flexibility index (Phi) is 4.56. The number of aryl methyl sites for hydroxylation is 1. The quantitative estimate of drug-likeness (QED) is 0.871. The number of ether oxygens (including phenoxy) is 2. The fraction of sp³-hybridized carbons (Fsp3) is 0.533. The minimum atomic E-state index is -0.0600. The molecule has 0 spiro atoms. The van der Waals surface area contributed by atoms with Crippen LogP contribution in [0.2, 0.25) is 0 Å². The van der Waals surface area contributed by atoms with Crippen LogP contribution < -0.4 is 10.1 Å². The van der Waals surface area contributed by atoms with Gasteiger partial charge < -0.3 is 14.8 Å². The van der Waals surface area contributed by atoms with Gasteiger partial charge in [-0.25, -0.2) is 0 Å². The van der Waals surface area contributed by atoms with E-state index in [1.807, 2.05) is 32.2 Å². The Balaban J connectivity index is 2.12. The van der Waals surface area contributed by atoms with E-state index in [0.29, 0.717) is 19.6 Å². The first-order valence-electron chi connectivity index (χ1n) is 6.57. The lowest BCUT2D eigenvalue weighted by Crippen LogP contribution is -2.37. The number of hydrogen-bond donors (Lipinski definition) is 1. The summed E-state index contributed by atoms with van der Waals surface area (Å²) >= 11 is 0. The van der Waals surface area contributed by atoms with Crippen molar-refractivity contribution >= 4 is 5.78 Å². The summed E-state index contributed by atoms with van der Waals surface area (Å²) in [5.41, 5.74) is 2.09. The Bertz CT molecular complexity index is 459. The van der Waals surface area contributed by atoms with E-state index in [1.54, 1.807) is 7.11 Å². The van der Waals surface area contributed by atoms with Gasteiger partial charge in [-0.3, -0.25) is 4.79 Å². The number of carbonyl (C=O) groups excluding carboxylic acids is 1. The first kappa shape index (κ1) is 14.0. The molecule has 19 heavy (non-hydrogen) atoms. The first-order valence-corrected chi connectivity index (χ1v) is 6.57. The van der Waals surface area contributed by atoms with Crippen LogP contribution >= 0.6 is 0 Å². The molecule has 104 valence electrons. The number of methoxy groups -OCH3 is 1. The van der Waals surface area contributed by atoms with Crippen molar-refractivity contribution in [3.05, 3.63) is 29.3 Å². The second-order valence-electron chi connectivity index (χ2n) is 5.00. The van der Waals surface area contributed by atoms with E-state index >= 15 is 0 Å². The highest BCUT2D eigenvalue weighted by atomic mass is 16.5. The van der Waals surface area contributed by atoms with Crippen molar-refractivity contribution in [3.8, 4) is 5.75 Å². The number of carbonyl (C=O) groups is 1. The van der Waals surface area contributed by atoms with Gasteiger partial charge in [0.15, 0.2) is 0 Å². The largest absolute Gasteiger partial charge is 0.496 e. The molecule has 0 bridgehead atoms. The van der Waals surface area contributed by atoms with Gasteiger partial charge in [-0.2, -0.15) is 0 Å². The zero-order chi connectivity index (χ0) is 13.8. The third-order valence-electron chi connectivity index (χ3n) is 3.67. The van der Waals surface area contributed by atoms with Crippen LogP contribution in [-0.2, 0) is 16.0 Å². The van der Waals surface area contributed by atoms with E-state index in [2.05, 4.69) is 5.32 Å². The van der Waals surface area contributed by atoms with Gasteiger partial charge in [-0.05, 0) is 20.0 Å². The Morgan fingerprint density at radius 1 is 1.47 bits per heavy atom. The predicted molar refractivity (Wildman–Crippen MR) is 73.6 cm³/mol. The van der Waals surface area contributed by atoms with Crippen LogP contribution in [-0.4, -0.2) is 39.2 Å². The Hall–Kier alpha value is -1.39. The molecule has 1 N–H and O–H groups in total. The van der Waals surface area contributed by atoms with Crippen molar-refractivity contribution in [2.75, 3.05) is 27.4 Å². The summed E-state index contributed by atoms with van der Waals surface area (Å²) in [6.07, 6.45) is 0.400. The molecule has 0 radical (unpaired) electrons. The minimum absolute atomic E-state index is 0.0600. The van der Waals surface area contributed by atoms with Crippen molar-refractivity contribution in [2.45, 2.75) is 19.4 Å². The number of nitrogens with one attached hydrogen (secondary N) is 1. The maximum atomic E-state index is 12.4. The standard InChI is InChI=1S/C15H21NO3/c1-10-4-5-15(18-3)11(6-10)7-14(17)12-8-19-9-13(12)16-2/h4-6,12-13,16H,7-9H2,1-3H3. The van der Waals surface area contributed by atoms with E-state index in [0.717, 1.165) is 16.9 Å². The van der Waals surface area contributed by atoms with Gasteiger partial charge >= 0.3 is 0 Å². The summed E-state index contributed by atoms with van der Waals surface area (Å²) < 4.78 is 10.7. The lowest BCUT2D eigenvalue weighted by Gasteiger charge is -2.16. The van der Waals surface area contributed by atoms with Crippen LogP contribution in [0.1, 0.15) is 11.1 Å². The minimum Gasteiger partial charge on any atom is -0.496 e. The molecule has 1 saturated heterocycles. The van der Waals surface area contributed by atoms with Gasteiger partial charge in [0.05, 0.1) is 26.2 Å². The summed E-state index contributed by atoms with van der Waals surface area (Å²) in [4.78, 5) is 12.4. The molecule has 0 saturated carbocycles. The van der Waals surface area contributed by atoms with Crippen molar-refractivity contribution in [2.24, 2.45) is 5.92 Å². The highest BCUT2D eigenvalue weighted by Gasteiger charge is 2.32. The van der Waals surface area contributed by atoms with Crippen molar-refractivity contribution in [1.82, 2.24) is 5.32 Å². The lowest BCUT2D eigenvalue weighted by molar-refractivity contribution is -0.122. The van der Waals surface area contributed by atoms with E-state index in [-0.39, 0.29) is 17.7 Å². The number of likely N-dealkylation sites (N-methyl/N-ethyl adjacent to an activating group) is 1. The number of hydrogen-bond acceptors (Lipinski definition) is 4. The van der Waals surface area contributed by atoms with Gasteiger partial charge in [-0.15, -0.1) is 0 Å². The van der Waals surface area contributed by atoms with Crippen LogP contribution in [0.4, 0.5) is 0 Å². The van der Waals surface area contributed by atoms with E-state index in [1.165, 1.54) is 0 Å². The fourth-order valence-electron chi connectivity index (χ4n) is 2.52. The number of rotatable bonds is 5. The van der Waals surface area contributed by atoms with Crippen LogP contribution in [0.3, 0.4) is 0 Å². The van der Waals surface area contributed by atoms with Crippen LogP contribution in [0.25, 0.3) is 0 Å². The molecule has 1 aliphatic rings. The maximum Gasteiger partial charge on any atom is 0.144 e. The molecule has 2 atom stereocenters. The van der Waals surface area contributed by atoms with Crippen LogP contribution in [0.15, 0.2) is 18.2 Å². The molecule has 2 unspecified atom stereocenters. The maximum absolute atomic E-state index is 12.4. The number of Topliss-reactive ketones (excluding diaryl/α,β-unsaturated/α-hetero) is 1. The third kappa shape index (κ3) is 3.14. The molecule has 1 fully saturated rings. The van der Waals surface area contributed by atoms with Crippen LogP contribution in [0, 0.1) is 12.8 Å². The molecular weight excluding hydrogens is 242 g/mol. The second kappa shape index (κ2) is 6.17. The first-order chi connectivity index (χ1) is 9.15. The highest BCUT2D eigenvalue weighted by Crippen LogP contribution is 2.23. The van der Waals surface area contributed by atoms with Gasteiger partial charge in [0.2, 0.25) is 0 Å². The van der Waals surface area contributed by atoms with Crippen molar-refractivity contribution < 1.29 is 14.3 Å². The average molecular weight is 263 g/mol. The van der Waals surface area contributed by atoms with E-state index in [9.17, 15) is 4.79 Å². The van der Waals surface area contributed by atoms with Crippen LogP contribution in [0.5, 0.6) is 5.75 Å². The zero-order valence-corrected chi connectivity index (χ0v) is 11.7. The summed E-state index contributed by atoms with van der Waals surface area (Å²) in [7, 11) is 3.50. The zero-order valence-electron chi connectivity index (χ0n) is 11.7. The van der Waals surface area contributed by atoms with Gasteiger partial charge in [-0.1, -0.05) is 17.7 Å². The Morgan fingerprint density at radius 3 is 2.95 bits per heavy atom. The van der Waals surface area contributed by atoms with Gasteiger partial charge in [0.1, 0.15) is 11.5 Å². The lowest BCUT2D eigenvalue weighted by atomic mass is 9.93. The molecule has 0 amide bonds. The van der Waals surface area contributed by atoms with Gasteiger partial charge in [0.25, 0.3) is 0 Å². The Morgan fingerprint density at radius 2 is 2.26 bits per heavy atom. The van der Waals surface area contributed by atoms with Crippen molar-refractivity contribution in [1.29, 1.82) is 0 Å². The average Bonchev–Trinajstić information content (AvgIpc) is 2.87. The number of ketones is 1. The summed E-state index contributed by atoms with van der Waals surface area (Å²) in [6, 6.07) is 6.05. The molecule has 2 rings (SSSR count). The van der Waals surface area contributed by atoms with E-state index in [4.69, 9.17) is 9.47 Å². The molecule has 1 aromatic carbocycles. The van der Waals surface area contributed by atoms with Gasteiger partial charge in [0, 0.05) is 18.0 Å². The fourth-order valence-corrected chi connectivity index (χ4v) is 2.52. The molecule has 4 nitrogen and oxygen atoms in total. The molecule has 0 aliphatic carbocycles. The summed E-state index contributed by atoms with van der Waals surface area (Å²) in [5.74, 6) is 0.926. The van der Waals surface area contributed by atoms with Crippen molar-refractivity contribution in [3.63, 3.8) is 0 Å². The monoisotopic (exact) mass is 263 g/mol. The highest BCUT2D eigenvalue weighted by molar-refractivity contribution is 5.85. The smallest absolute Gasteiger partial charge is 0.144 e. The van der Waals surface area contributed by atoms with E-state index < -0.39 is 0 Å². The topological polar surface area (TPSA) is 47.6 Å². The molecule has 0 aromatic heterocycles. The molecule has 1 aliphatic heterocycles. The molecule has 4 heteroatoms. The second-order valence-corrected chi connectivity index (χ2v) is 5.00. The molecule has 1 aromatic rings. The molecule has 1 heterocycles. The predicted octanol–water partition coefficient (Wildman–Crippen LogP) is 1.35.